The molecule has 0 aliphatic carbocycles. The van der Waals surface area contributed by atoms with E-state index in [0.717, 1.165) is 72.2 Å². The van der Waals surface area contributed by atoms with Crippen molar-refractivity contribution < 1.29 is 9.53 Å². The van der Waals surface area contributed by atoms with Crippen LogP contribution in [0.15, 0.2) is 53.3 Å². The number of hydrogen-bond acceptors (Lipinski definition) is 6. The quantitative estimate of drug-likeness (QED) is 0.271. The van der Waals surface area contributed by atoms with Gasteiger partial charge in [0.05, 0.1) is 7.11 Å². The molecule has 2 aromatic heterocycles. The first kappa shape index (κ1) is 24.7. The van der Waals surface area contributed by atoms with Crippen LogP contribution >= 0.6 is 0 Å². The van der Waals surface area contributed by atoms with Crippen LogP contribution in [0.1, 0.15) is 61.9 Å². The summed E-state index contributed by atoms with van der Waals surface area (Å²) in [6.07, 6.45) is 6.05. The molecule has 0 radical (unpaired) electrons. The van der Waals surface area contributed by atoms with Gasteiger partial charge < -0.3 is 4.74 Å². The lowest BCUT2D eigenvalue weighted by Gasteiger charge is -2.26. The number of hydrogen-bond donors (Lipinski definition) is 1. The molecule has 9 nitrogen and oxygen atoms in total. The summed E-state index contributed by atoms with van der Waals surface area (Å²) in [6.45, 7) is 2.92. The number of unbranched alkanes of at least 4 members (excludes halogenated alkanes) is 2. The highest BCUT2D eigenvalue weighted by molar-refractivity contribution is 5.80. The lowest BCUT2D eigenvalue weighted by molar-refractivity contribution is -0.146. The largest absolute Gasteiger partial charge is 0.467 e. The number of aromatic amines is 1. The van der Waals surface area contributed by atoms with Crippen LogP contribution in [0.25, 0.3) is 22.5 Å². The van der Waals surface area contributed by atoms with Crippen LogP contribution < -0.4 is 5.56 Å². The summed E-state index contributed by atoms with van der Waals surface area (Å²) in [5, 5.41) is 14.5. The van der Waals surface area contributed by atoms with Gasteiger partial charge in [-0.05, 0) is 47.6 Å². The number of fused-ring (bicyclic) bond motifs is 1. The van der Waals surface area contributed by atoms with Gasteiger partial charge in [0.2, 0.25) is 5.82 Å². The van der Waals surface area contributed by atoms with Gasteiger partial charge in [0, 0.05) is 29.8 Å². The molecule has 0 saturated carbocycles. The van der Waals surface area contributed by atoms with E-state index in [2.05, 4.69) is 51.8 Å². The number of esters is 1. The summed E-state index contributed by atoms with van der Waals surface area (Å²) in [5.74, 6) is 0.195. The third-order valence-electron chi connectivity index (χ3n) is 7.18. The van der Waals surface area contributed by atoms with Crippen molar-refractivity contribution in [3.05, 3.63) is 75.7 Å². The number of ether oxygens (including phenoxy) is 1. The van der Waals surface area contributed by atoms with Crippen LogP contribution in [-0.4, -0.2) is 43.1 Å². The summed E-state index contributed by atoms with van der Waals surface area (Å²) in [7, 11) is 1.39. The van der Waals surface area contributed by atoms with Gasteiger partial charge in [-0.25, -0.2) is 9.48 Å². The molecule has 3 heterocycles. The Bertz CT molecular complexity index is 1420. The van der Waals surface area contributed by atoms with E-state index in [1.54, 1.807) is 4.68 Å². The number of methoxy groups -OCH3 is 1. The van der Waals surface area contributed by atoms with E-state index in [4.69, 9.17) is 4.74 Å². The van der Waals surface area contributed by atoms with Crippen molar-refractivity contribution in [1.82, 2.24) is 30.0 Å². The summed E-state index contributed by atoms with van der Waals surface area (Å²) in [6, 6.07) is 15.6. The predicted octanol–water partition coefficient (Wildman–Crippen LogP) is 4.33. The van der Waals surface area contributed by atoms with Gasteiger partial charge in [0.1, 0.15) is 0 Å². The van der Waals surface area contributed by atoms with Crippen LogP contribution in [0.4, 0.5) is 0 Å². The van der Waals surface area contributed by atoms with Gasteiger partial charge in [-0.2, -0.15) is 5.21 Å². The van der Waals surface area contributed by atoms with E-state index < -0.39 is 6.04 Å². The molecule has 2 aromatic carbocycles. The molecule has 37 heavy (non-hydrogen) atoms. The van der Waals surface area contributed by atoms with E-state index in [9.17, 15) is 9.59 Å². The Balaban J connectivity index is 1.48. The Morgan fingerprint density at radius 2 is 1.89 bits per heavy atom. The minimum absolute atomic E-state index is 0.0758. The second-order valence-electron chi connectivity index (χ2n) is 9.49. The number of rotatable bonds is 9. The summed E-state index contributed by atoms with van der Waals surface area (Å²) in [5.41, 5.74) is 5.75. The van der Waals surface area contributed by atoms with Gasteiger partial charge >= 0.3 is 5.97 Å². The second-order valence-corrected chi connectivity index (χ2v) is 9.49. The highest BCUT2D eigenvalue weighted by Gasteiger charge is 2.32. The first-order valence-corrected chi connectivity index (χ1v) is 13.0. The molecular weight excluding hydrogens is 468 g/mol. The lowest BCUT2D eigenvalue weighted by Crippen LogP contribution is -2.37. The Labute approximate surface area is 215 Å². The molecule has 0 fully saturated rings. The Morgan fingerprint density at radius 1 is 1.11 bits per heavy atom. The molecule has 9 heteroatoms. The zero-order valence-corrected chi connectivity index (χ0v) is 21.3. The molecule has 1 aliphatic rings. The molecule has 5 rings (SSSR count). The average Bonchev–Trinajstić information content (AvgIpc) is 3.57. The van der Waals surface area contributed by atoms with E-state index >= 15 is 0 Å². The fourth-order valence-corrected chi connectivity index (χ4v) is 5.33. The monoisotopic (exact) mass is 500 g/mol. The molecule has 0 bridgehead atoms. The summed E-state index contributed by atoms with van der Waals surface area (Å²) >= 11 is 0. The fraction of sp³-hybridized carbons (Fsp3) is 0.393. The van der Waals surface area contributed by atoms with Crippen molar-refractivity contribution in [1.29, 1.82) is 0 Å². The number of nitrogens with one attached hydrogen (secondary N) is 1. The van der Waals surface area contributed by atoms with Gasteiger partial charge in [-0.1, -0.05) is 68.3 Å². The van der Waals surface area contributed by atoms with E-state index in [1.807, 2.05) is 28.9 Å². The maximum Gasteiger partial charge on any atom is 0.330 e. The third-order valence-corrected chi connectivity index (χ3v) is 7.18. The van der Waals surface area contributed by atoms with Crippen LogP contribution in [-0.2, 0) is 28.9 Å². The maximum absolute atomic E-state index is 13.7. The van der Waals surface area contributed by atoms with E-state index in [-0.39, 0.29) is 11.5 Å². The molecule has 0 spiro atoms. The number of tetrazole rings is 1. The van der Waals surface area contributed by atoms with Gasteiger partial charge in [0.15, 0.2) is 6.04 Å². The molecule has 1 N–H and O–H groups in total. The average molecular weight is 501 g/mol. The van der Waals surface area contributed by atoms with E-state index in [1.165, 1.54) is 7.11 Å². The number of carbonyl (C=O) groups excluding carboxylic acids is 1. The number of carbonyl (C=O) groups is 1. The number of nitrogens with zero attached hydrogens (tertiary/aromatic N) is 5. The van der Waals surface area contributed by atoms with Gasteiger partial charge in [-0.15, -0.1) is 10.2 Å². The molecule has 1 atom stereocenters. The number of aromatic nitrogens is 6. The molecule has 4 aromatic rings. The Morgan fingerprint density at radius 3 is 2.59 bits per heavy atom. The minimum Gasteiger partial charge on any atom is -0.467 e. The van der Waals surface area contributed by atoms with Crippen molar-refractivity contribution in [3.63, 3.8) is 0 Å². The first-order chi connectivity index (χ1) is 18.1. The van der Waals surface area contributed by atoms with E-state index in [0.29, 0.717) is 18.7 Å². The smallest absolute Gasteiger partial charge is 0.330 e. The Hall–Kier alpha value is -4.01. The van der Waals surface area contributed by atoms with Crippen molar-refractivity contribution in [2.45, 2.75) is 64.5 Å². The Kier molecular flexibility index (Phi) is 7.30. The zero-order valence-electron chi connectivity index (χ0n) is 21.3. The number of H-pyrrole nitrogens is 1. The predicted molar refractivity (Wildman–Crippen MR) is 140 cm³/mol. The van der Waals surface area contributed by atoms with Gasteiger partial charge in [-0.3, -0.25) is 9.48 Å². The standard InChI is InChI=1S/C28H32N6O3/c1-3-4-5-11-24-23(27(35)34-25(28(36)37-2)12-8-17-33(24)34)18-19-13-15-20(16-14-19)21-9-6-7-10-22(21)26-29-31-32-30-26/h6-7,9-10,13-16,25H,3-5,8,11-12,17-18H2,1-2H3,(H,29,30,31,32). The molecule has 1 unspecified atom stereocenters. The molecule has 192 valence electrons. The van der Waals surface area contributed by atoms with Crippen LogP contribution in [0.2, 0.25) is 0 Å². The highest BCUT2D eigenvalue weighted by Crippen LogP contribution is 2.30. The van der Waals surface area contributed by atoms with Gasteiger partial charge in [0.25, 0.3) is 5.56 Å². The van der Waals surface area contributed by atoms with Crippen LogP contribution in [0.3, 0.4) is 0 Å². The normalized spacial score (nSPS) is 14.9. The molecule has 1 aliphatic heterocycles. The van der Waals surface area contributed by atoms with Crippen molar-refractivity contribution in [3.8, 4) is 22.5 Å². The van der Waals surface area contributed by atoms with Crippen LogP contribution in [0.5, 0.6) is 0 Å². The fourth-order valence-electron chi connectivity index (χ4n) is 5.33. The number of benzene rings is 2. The molecule has 0 amide bonds. The summed E-state index contributed by atoms with van der Waals surface area (Å²) in [4.78, 5) is 26.2. The SMILES string of the molecule is CCCCCc1c(Cc2ccc(-c3ccccc3-c3nn[nH]n3)cc2)c(=O)n2n1CCCC2C(=O)OC. The molecule has 0 saturated heterocycles. The zero-order chi connectivity index (χ0) is 25.8. The van der Waals surface area contributed by atoms with Crippen molar-refractivity contribution >= 4 is 5.97 Å². The van der Waals surface area contributed by atoms with Crippen LogP contribution in [0, 0.1) is 0 Å². The third kappa shape index (κ3) is 4.85. The lowest BCUT2D eigenvalue weighted by atomic mass is 9.96. The molecular formula is C28H32N6O3. The maximum atomic E-state index is 13.7. The highest BCUT2D eigenvalue weighted by atomic mass is 16.5. The van der Waals surface area contributed by atoms with Crippen molar-refractivity contribution in [2.75, 3.05) is 7.11 Å². The first-order valence-electron chi connectivity index (χ1n) is 13.0. The second kappa shape index (κ2) is 10.9. The van der Waals surface area contributed by atoms with Crippen molar-refractivity contribution in [2.24, 2.45) is 0 Å². The topological polar surface area (TPSA) is 108 Å². The summed E-state index contributed by atoms with van der Waals surface area (Å²) < 4.78 is 8.74. The minimum atomic E-state index is -0.561.